The molecule has 0 spiro atoms. The van der Waals surface area contributed by atoms with Crippen molar-refractivity contribution < 1.29 is 4.74 Å². The highest BCUT2D eigenvalue weighted by Gasteiger charge is 2.29. The summed E-state index contributed by atoms with van der Waals surface area (Å²) in [5.41, 5.74) is 0. The summed E-state index contributed by atoms with van der Waals surface area (Å²) >= 11 is 2.15. The second-order valence-electron chi connectivity index (χ2n) is 6.53. The van der Waals surface area contributed by atoms with Crippen molar-refractivity contribution in [2.24, 2.45) is 11.8 Å². The number of hydrogen-bond donors (Lipinski definition) is 2. The lowest BCUT2D eigenvalue weighted by Crippen LogP contribution is -2.51. The van der Waals surface area contributed by atoms with Gasteiger partial charge in [0.1, 0.15) is 0 Å². The van der Waals surface area contributed by atoms with Gasteiger partial charge in [0.05, 0.1) is 12.7 Å². The summed E-state index contributed by atoms with van der Waals surface area (Å²) < 4.78 is 6.01. The van der Waals surface area contributed by atoms with Gasteiger partial charge in [-0.05, 0) is 24.7 Å². The molecule has 0 aromatic heterocycles. The summed E-state index contributed by atoms with van der Waals surface area (Å²) in [7, 11) is 0. The lowest BCUT2D eigenvalue weighted by Gasteiger charge is -2.37. The Labute approximate surface area is 129 Å². The van der Waals surface area contributed by atoms with Crippen LogP contribution in [0.1, 0.15) is 40.0 Å². The van der Waals surface area contributed by atoms with Crippen molar-refractivity contribution in [1.29, 1.82) is 0 Å². The molecule has 2 rings (SSSR count). The summed E-state index contributed by atoms with van der Waals surface area (Å²) in [6.07, 6.45) is 4.18. The zero-order valence-electron chi connectivity index (χ0n) is 13.4. The van der Waals surface area contributed by atoms with Crippen molar-refractivity contribution in [2.45, 2.75) is 57.4 Å². The van der Waals surface area contributed by atoms with Crippen molar-refractivity contribution in [3.8, 4) is 0 Å². The Morgan fingerprint density at radius 1 is 1.30 bits per heavy atom. The van der Waals surface area contributed by atoms with Crippen LogP contribution in [0.4, 0.5) is 0 Å². The highest BCUT2D eigenvalue weighted by molar-refractivity contribution is 8.00. The van der Waals surface area contributed by atoms with E-state index in [0.717, 1.165) is 24.3 Å². The lowest BCUT2D eigenvalue weighted by molar-refractivity contribution is -0.0177. The van der Waals surface area contributed by atoms with Gasteiger partial charge in [-0.3, -0.25) is 0 Å². The maximum atomic E-state index is 6.01. The van der Waals surface area contributed by atoms with Crippen LogP contribution >= 0.6 is 11.8 Å². The molecule has 5 unspecified atom stereocenters. The SMILES string of the molecule is CCCC1CNC(C(C)C(C)CC2CNCCS2)CO1. The van der Waals surface area contributed by atoms with Crippen LogP contribution in [0.25, 0.3) is 0 Å². The zero-order valence-corrected chi connectivity index (χ0v) is 14.2. The summed E-state index contributed by atoms with van der Waals surface area (Å²) in [6, 6.07) is 0.541. The van der Waals surface area contributed by atoms with Gasteiger partial charge in [-0.1, -0.05) is 27.2 Å². The predicted octanol–water partition coefficient (Wildman–Crippen LogP) is 2.51. The number of nitrogens with one attached hydrogen (secondary N) is 2. The van der Waals surface area contributed by atoms with Crippen LogP contribution in [0.5, 0.6) is 0 Å². The first kappa shape index (κ1) is 16.6. The lowest BCUT2D eigenvalue weighted by atomic mass is 9.85. The molecule has 2 saturated heterocycles. The van der Waals surface area contributed by atoms with E-state index >= 15 is 0 Å². The largest absolute Gasteiger partial charge is 0.375 e. The Bertz CT molecular complexity index is 263. The van der Waals surface area contributed by atoms with E-state index in [4.69, 9.17) is 4.74 Å². The standard InChI is InChI=1S/C16H32N2OS/c1-4-5-14-9-18-16(11-19-14)13(3)12(2)8-15-10-17-6-7-20-15/h12-18H,4-11H2,1-3H3. The average molecular weight is 301 g/mol. The van der Waals surface area contributed by atoms with Crippen molar-refractivity contribution in [3.63, 3.8) is 0 Å². The number of hydrogen-bond acceptors (Lipinski definition) is 4. The molecular weight excluding hydrogens is 268 g/mol. The Hall–Kier alpha value is 0.230. The second-order valence-corrected chi connectivity index (χ2v) is 7.94. The Kier molecular flexibility index (Phi) is 7.15. The third-order valence-electron chi connectivity index (χ3n) is 4.90. The number of thioether (sulfide) groups is 1. The maximum Gasteiger partial charge on any atom is 0.0700 e. The summed E-state index contributed by atoms with van der Waals surface area (Å²) in [5, 5.41) is 8.05. The zero-order chi connectivity index (χ0) is 14.4. The Morgan fingerprint density at radius 2 is 2.15 bits per heavy atom. The fourth-order valence-corrected chi connectivity index (χ4v) is 4.55. The minimum Gasteiger partial charge on any atom is -0.375 e. The van der Waals surface area contributed by atoms with E-state index in [-0.39, 0.29) is 0 Å². The average Bonchev–Trinajstić information content (AvgIpc) is 2.48. The van der Waals surface area contributed by atoms with Crippen LogP contribution in [-0.4, -0.2) is 49.4 Å². The van der Waals surface area contributed by atoms with E-state index in [0.29, 0.717) is 18.1 Å². The third-order valence-corrected chi connectivity index (χ3v) is 6.17. The molecule has 0 aromatic rings. The van der Waals surface area contributed by atoms with Crippen LogP contribution in [-0.2, 0) is 4.74 Å². The summed E-state index contributed by atoms with van der Waals surface area (Å²) in [5.74, 6) is 2.73. The molecule has 0 amide bonds. The molecule has 2 fully saturated rings. The molecule has 2 heterocycles. The van der Waals surface area contributed by atoms with Gasteiger partial charge in [0, 0.05) is 36.7 Å². The molecule has 118 valence electrons. The van der Waals surface area contributed by atoms with Gasteiger partial charge >= 0.3 is 0 Å². The molecule has 0 aliphatic carbocycles. The second kappa shape index (κ2) is 8.62. The molecule has 3 nitrogen and oxygen atoms in total. The highest BCUT2D eigenvalue weighted by atomic mass is 32.2. The molecule has 2 N–H and O–H groups in total. The molecule has 2 aliphatic heterocycles. The van der Waals surface area contributed by atoms with Crippen molar-refractivity contribution in [3.05, 3.63) is 0 Å². The van der Waals surface area contributed by atoms with Gasteiger partial charge in [-0.2, -0.15) is 11.8 Å². The molecule has 0 aromatic carbocycles. The Morgan fingerprint density at radius 3 is 2.75 bits per heavy atom. The topological polar surface area (TPSA) is 33.3 Å². The van der Waals surface area contributed by atoms with Crippen LogP contribution in [0.3, 0.4) is 0 Å². The minimum atomic E-state index is 0.442. The molecule has 2 aliphatic rings. The van der Waals surface area contributed by atoms with Crippen LogP contribution in [0, 0.1) is 11.8 Å². The summed E-state index contributed by atoms with van der Waals surface area (Å²) in [4.78, 5) is 0. The normalized spacial score (nSPS) is 34.6. The van der Waals surface area contributed by atoms with Gasteiger partial charge < -0.3 is 15.4 Å². The van der Waals surface area contributed by atoms with Crippen molar-refractivity contribution in [1.82, 2.24) is 10.6 Å². The quantitative estimate of drug-likeness (QED) is 0.790. The molecule has 0 saturated carbocycles. The van der Waals surface area contributed by atoms with E-state index in [1.54, 1.807) is 0 Å². The molecule has 4 heteroatoms. The molecule has 0 bridgehead atoms. The molecule has 5 atom stereocenters. The van der Waals surface area contributed by atoms with Gasteiger partial charge in [0.2, 0.25) is 0 Å². The van der Waals surface area contributed by atoms with Crippen molar-refractivity contribution in [2.75, 3.05) is 32.0 Å². The van der Waals surface area contributed by atoms with Gasteiger partial charge in [-0.15, -0.1) is 0 Å². The van der Waals surface area contributed by atoms with E-state index in [9.17, 15) is 0 Å². The van der Waals surface area contributed by atoms with Gasteiger partial charge in [0.15, 0.2) is 0 Å². The van der Waals surface area contributed by atoms with E-state index in [1.807, 2.05) is 0 Å². The molecular formula is C16H32N2OS. The first-order chi connectivity index (χ1) is 9.70. The number of ether oxygens (including phenoxy) is 1. The highest BCUT2D eigenvalue weighted by Crippen LogP contribution is 2.28. The molecule has 20 heavy (non-hydrogen) atoms. The maximum absolute atomic E-state index is 6.01. The van der Waals surface area contributed by atoms with Gasteiger partial charge in [0.25, 0.3) is 0 Å². The van der Waals surface area contributed by atoms with Crippen LogP contribution < -0.4 is 10.6 Å². The van der Waals surface area contributed by atoms with Gasteiger partial charge in [-0.25, -0.2) is 0 Å². The minimum absolute atomic E-state index is 0.442. The van der Waals surface area contributed by atoms with Crippen molar-refractivity contribution >= 4 is 11.8 Å². The van der Waals surface area contributed by atoms with E-state index in [2.05, 4.69) is 43.2 Å². The first-order valence-electron chi connectivity index (χ1n) is 8.38. The Balaban J connectivity index is 1.71. The monoisotopic (exact) mass is 300 g/mol. The predicted molar refractivity (Wildman–Crippen MR) is 88.5 cm³/mol. The summed E-state index contributed by atoms with van der Waals surface area (Å²) in [6.45, 7) is 11.3. The smallest absolute Gasteiger partial charge is 0.0700 e. The van der Waals surface area contributed by atoms with E-state index in [1.165, 1.54) is 38.1 Å². The van der Waals surface area contributed by atoms with E-state index < -0.39 is 0 Å². The fourth-order valence-electron chi connectivity index (χ4n) is 3.28. The van der Waals surface area contributed by atoms with Crippen LogP contribution in [0.15, 0.2) is 0 Å². The fraction of sp³-hybridized carbons (Fsp3) is 1.00. The van der Waals surface area contributed by atoms with Crippen LogP contribution in [0.2, 0.25) is 0 Å². The molecule has 0 radical (unpaired) electrons. The third kappa shape index (κ3) is 4.90. The first-order valence-corrected chi connectivity index (χ1v) is 9.42. The number of rotatable bonds is 6. The number of morpholine rings is 1.